The molecule has 0 aromatic carbocycles. The van der Waals surface area contributed by atoms with Crippen molar-refractivity contribution in [2.45, 2.75) is 34.2 Å². The van der Waals surface area contributed by atoms with E-state index < -0.39 is 0 Å². The number of nitrogens with one attached hydrogen (secondary N) is 2. The molecule has 2 N–H and O–H groups in total. The zero-order valence-electron chi connectivity index (χ0n) is 11.5. The Hall–Kier alpha value is -2.24. The Morgan fingerprint density at radius 1 is 1.11 bits per heavy atom. The van der Waals surface area contributed by atoms with Crippen molar-refractivity contribution in [1.29, 1.82) is 0 Å². The van der Waals surface area contributed by atoms with Gasteiger partial charge in [-0.1, -0.05) is 0 Å². The number of rotatable bonds is 3. The first-order valence-corrected chi connectivity index (χ1v) is 6.08. The lowest BCUT2D eigenvalue weighted by molar-refractivity contribution is 0.885. The Labute approximate surface area is 111 Å². The van der Waals surface area contributed by atoms with Gasteiger partial charge in [0.1, 0.15) is 5.82 Å². The average Bonchev–Trinajstić information content (AvgIpc) is 2.32. The SMILES string of the molecule is Cc1cc(=O)[nH]c(CNc2nc(C)c(C)c(C)n2)n1. The van der Waals surface area contributed by atoms with Crippen molar-refractivity contribution in [2.75, 3.05) is 5.32 Å². The maximum atomic E-state index is 11.3. The molecule has 0 bridgehead atoms. The van der Waals surface area contributed by atoms with Crippen LogP contribution >= 0.6 is 0 Å². The molecule has 2 rings (SSSR count). The van der Waals surface area contributed by atoms with Crippen LogP contribution in [0, 0.1) is 27.7 Å². The molecule has 0 amide bonds. The van der Waals surface area contributed by atoms with Gasteiger partial charge in [-0.15, -0.1) is 0 Å². The first-order chi connectivity index (χ1) is 8.95. The summed E-state index contributed by atoms with van der Waals surface area (Å²) >= 11 is 0. The highest BCUT2D eigenvalue weighted by atomic mass is 16.1. The van der Waals surface area contributed by atoms with E-state index in [9.17, 15) is 4.79 Å². The highest BCUT2D eigenvalue weighted by Crippen LogP contribution is 2.11. The molecule has 0 saturated heterocycles. The smallest absolute Gasteiger partial charge is 0.251 e. The first-order valence-electron chi connectivity index (χ1n) is 6.08. The van der Waals surface area contributed by atoms with Crippen molar-refractivity contribution in [3.8, 4) is 0 Å². The molecule has 0 atom stereocenters. The van der Waals surface area contributed by atoms with Crippen LogP contribution in [0.4, 0.5) is 5.95 Å². The number of hydrogen-bond donors (Lipinski definition) is 2. The van der Waals surface area contributed by atoms with E-state index in [0.717, 1.165) is 17.0 Å². The lowest BCUT2D eigenvalue weighted by Crippen LogP contribution is -2.15. The number of hydrogen-bond acceptors (Lipinski definition) is 5. The van der Waals surface area contributed by atoms with Crippen molar-refractivity contribution in [3.05, 3.63) is 44.9 Å². The molecular formula is C13H17N5O. The zero-order valence-corrected chi connectivity index (χ0v) is 11.5. The van der Waals surface area contributed by atoms with Crippen LogP contribution in [0.3, 0.4) is 0 Å². The lowest BCUT2D eigenvalue weighted by atomic mass is 10.2. The molecule has 0 radical (unpaired) electrons. The van der Waals surface area contributed by atoms with Crippen LogP contribution in [0.5, 0.6) is 0 Å². The van der Waals surface area contributed by atoms with Crippen molar-refractivity contribution >= 4 is 5.95 Å². The predicted octanol–water partition coefficient (Wildman–Crippen LogP) is 1.41. The Kier molecular flexibility index (Phi) is 3.59. The van der Waals surface area contributed by atoms with Gasteiger partial charge in [-0.2, -0.15) is 0 Å². The van der Waals surface area contributed by atoms with E-state index in [4.69, 9.17) is 0 Å². The molecule has 2 heterocycles. The molecule has 0 aliphatic rings. The fourth-order valence-corrected chi connectivity index (χ4v) is 1.74. The van der Waals surface area contributed by atoms with Gasteiger partial charge in [0.05, 0.1) is 6.54 Å². The van der Waals surface area contributed by atoms with Gasteiger partial charge < -0.3 is 10.3 Å². The number of aryl methyl sites for hydroxylation is 3. The summed E-state index contributed by atoms with van der Waals surface area (Å²) in [7, 11) is 0. The molecule has 100 valence electrons. The predicted molar refractivity (Wildman–Crippen MR) is 73.2 cm³/mol. The van der Waals surface area contributed by atoms with Crippen LogP contribution < -0.4 is 10.9 Å². The van der Waals surface area contributed by atoms with Gasteiger partial charge in [0, 0.05) is 23.1 Å². The van der Waals surface area contributed by atoms with Gasteiger partial charge in [-0.25, -0.2) is 15.0 Å². The highest BCUT2D eigenvalue weighted by Gasteiger charge is 2.05. The standard InChI is InChI=1S/C13H17N5O/c1-7-5-12(19)18-11(15-7)6-14-13-16-9(3)8(2)10(4)17-13/h5H,6H2,1-4H3,(H,14,16,17)(H,15,18,19). The average molecular weight is 259 g/mol. The number of aromatic amines is 1. The normalized spacial score (nSPS) is 10.5. The molecule has 0 unspecified atom stereocenters. The van der Waals surface area contributed by atoms with Gasteiger partial charge in [0.2, 0.25) is 5.95 Å². The summed E-state index contributed by atoms with van der Waals surface area (Å²) in [6, 6.07) is 1.46. The molecule has 19 heavy (non-hydrogen) atoms. The summed E-state index contributed by atoms with van der Waals surface area (Å²) in [5, 5.41) is 3.07. The Morgan fingerprint density at radius 3 is 2.32 bits per heavy atom. The van der Waals surface area contributed by atoms with Gasteiger partial charge in [0.15, 0.2) is 0 Å². The second kappa shape index (κ2) is 5.17. The zero-order chi connectivity index (χ0) is 14.0. The molecular weight excluding hydrogens is 242 g/mol. The van der Waals surface area contributed by atoms with Crippen LogP contribution in [0.25, 0.3) is 0 Å². The second-order valence-electron chi connectivity index (χ2n) is 4.53. The van der Waals surface area contributed by atoms with Crippen molar-refractivity contribution in [2.24, 2.45) is 0 Å². The van der Waals surface area contributed by atoms with Crippen LogP contribution in [-0.2, 0) is 6.54 Å². The third kappa shape index (κ3) is 3.15. The first kappa shape index (κ1) is 13.2. The number of anilines is 1. The monoisotopic (exact) mass is 259 g/mol. The molecule has 0 spiro atoms. The summed E-state index contributed by atoms with van der Waals surface area (Å²) in [5.41, 5.74) is 3.52. The van der Waals surface area contributed by atoms with E-state index in [-0.39, 0.29) is 5.56 Å². The maximum absolute atomic E-state index is 11.3. The fourth-order valence-electron chi connectivity index (χ4n) is 1.74. The van der Waals surface area contributed by atoms with Crippen LogP contribution in [0.15, 0.2) is 10.9 Å². The number of nitrogens with zero attached hydrogens (tertiary/aromatic N) is 3. The van der Waals surface area contributed by atoms with E-state index in [1.165, 1.54) is 6.07 Å². The molecule has 2 aromatic rings. The van der Waals surface area contributed by atoms with E-state index in [1.54, 1.807) is 6.92 Å². The van der Waals surface area contributed by atoms with Crippen LogP contribution in [0.1, 0.15) is 28.5 Å². The van der Waals surface area contributed by atoms with E-state index in [1.807, 2.05) is 20.8 Å². The molecule has 6 heteroatoms. The summed E-state index contributed by atoms with van der Waals surface area (Å²) in [4.78, 5) is 26.9. The van der Waals surface area contributed by atoms with Crippen LogP contribution in [-0.4, -0.2) is 19.9 Å². The fraction of sp³-hybridized carbons (Fsp3) is 0.385. The Balaban J connectivity index is 2.16. The summed E-state index contributed by atoms with van der Waals surface area (Å²) in [6.45, 7) is 8.06. The number of H-pyrrole nitrogens is 1. The van der Waals surface area contributed by atoms with E-state index in [2.05, 4.69) is 25.3 Å². The lowest BCUT2D eigenvalue weighted by Gasteiger charge is -2.09. The highest BCUT2D eigenvalue weighted by molar-refractivity contribution is 5.33. The largest absolute Gasteiger partial charge is 0.347 e. The summed E-state index contributed by atoms with van der Waals surface area (Å²) < 4.78 is 0. The number of aromatic nitrogens is 4. The summed E-state index contributed by atoms with van der Waals surface area (Å²) in [5.74, 6) is 1.12. The molecule has 0 saturated carbocycles. The minimum absolute atomic E-state index is 0.151. The molecule has 2 aromatic heterocycles. The molecule has 0 fully saturated rings. The van der Waals surface area contributed by atoms with Gasteiger partial charge in [0.25, 0.3) is 5.56 Å². The molecule has 0 aliphatic heterocycles. The minimum atomic E-state index is -0.151. The maximum Gasteiger partial charge on any atom is 0.251 e. The van der Waals surface area contributed by atoms with Gasteiger partial charge in [-0.3, -0.25) is 4.79 Å². The minimum Gasteiger partial charge on any atom is -0.347 e. The van der Waals surface area contributed by atoms with Crippen molar-refractivity contribution < 1.29 is 0 Å². The third-order valence-electron chi connectivity index (χ3n) is 2.97. The molecule has 6 nitrogen and oxygen atoms in total. The van der Waals surface area contributed by atoms with Crippen molar-refractivity contribution in [3.63, 3.8) is 0 Å². The Morgan fingerprint density at radius 2 is 1.74 bits per heavy atom. The third-order valence-corrected chi connectivity index (χ3v) is 2.97. The Bertz CT molecular complexity index is 639. The van der Waals surface area contributed by atoms with Crippen molar-refractivity contribution in [1.82, 2.24) is 19.9 Å². The quantitative estimate of drug-likeness (QED) is 0.870. The van der Waals surface area contributed by atoms with E-state index >= 15 is 0 Å². The van der Waals surface area contributed by atoms with Gasteiger partial charge >= 0.3 is 0 Å². The topological polar surface area (TPSA) is 83.6 Å². The van der Waals surface area contributed by atoms with Crippen LogP contribution in [0.2, 0.25) is 0 Å². The van der Waals surface area contributed by atoms with E-state index in [0.29, 0.717) is 24.0 Å². The van der Waals surface area contributed by atoms with Gasteiger partial charge in [-0.05, 0) is 33.3 Å². The summed E-state index contributed by atoms with van der Waals surface area (Å²) in [6.07, 6.45) is 0. The second-order valence-corrected chi connectivity index (χ2v) is 4.53. The molecule has 0 aliphatic carbocycles.